The van der Waals surface area contributed by atoms with Gasteiger partial charge in [0.25, 0.3) is 0 Å². The summed E-state index contributed by atoms with van der Waals surface area (Å²) in [5.41, 5.74) is -3.71. The number of hydrogen-bond donors (Lipinski definition) is 2. The molecule has 2 aromatic rings. The molecular formula is C18H17F3N2O4S2. The summed E-state index contributed by atoms with van der Waals surface area (Å²) in [6.07, 6.45) is 0.110. The Bertz CT molecular complexity index is 1040. The van der Waals surface area contributed by atoms with Gasteiger partial charge in [-0.15, -0.1) is 0 Å². The summed E-state index contributed by atoms with van der Waals surface area (Å²) in [5.74, 6) is -1.40. The Morgan fingerprint density at radius 3 is 2.62 bits per heavy atom. The van der Waals surface area contributed by atoms with Gasteiger partial charge in [0.15, 0.2) is 0 Å². The number of nitrogens with one attached hydrogen (secondary N) is 1. The van der Waals surface area contributed by atoms with Gasteiger partial charge < -0.3 is 10.4 Å². The number of alkyl halides is 3. The van der Waals surface area contributed by atoms with Crippen LogP contribution in [-0.2, 0) is 21.2 Å². The average molecular weight is 446 g/mol. The molecular weight excluding hydrogens is 429 g/mol. The molecule has 1 aliphatic heterocycles. The minimum Gasteiger partial charge on any atom is -0.506 e. The normalized spacial score (nSPS) is 16.6. The van der Waals surface area contributed by atoms with Crippen LogP contribution in [0, 0.1) is 0 Å². The fourth-order valence-corrected chi connectivity index (χ4v) is 4.96. The zero-order chi connectivity index (χ0) is 21.4. The van der Waals surface area contributed by atoms with E-state index in [9.17, 15) is 31.5 Å². The quantitative estimate of drug-likeness (QED) is 0.540. The van der Waals surface area contributed by atoms with E-state index in [1.807, 2.05) is 0 Å². The third-order valence-corrected chi connectivity index (χ3v) is 6.85. The van der Waals surface area contributed by atoms with Crippen LogP contribution in [0.15, 0.2) is 47.4 Å². The molecule has 2 N–H and O–H groups in total. The van der Waals surface area contributed by atoms with Crippen LogP contribution in [0.3, 0.4) is 0 Å². The zero-order valence-corrected chi connectivity index (χ0v) is 16.7. The van der Waals surface area contributed by atoms with Gasteiger partial charge in [0.1, 0.15) is 11.8 Å². The molecule has 3 rings (SSSR count). The maximum Gasteiger partial charge on any atom is 0.446 e. The lowest BCUT2D eigenvalue weighted by atomic mass is 10.1. The van der Waals surface area contributed by atoms with Crippen LogP contribution in [0.4, 0.5) is 24.5 Å². The molecule has 0 aliphatic carbocycles. The molecule has 0 fully saturated rings. The average Bonchev–Trinajstić information content (AvgIpc) is 3.04. The lowest BCUT2D eigenvalue weighted by Crippen LogP contribution is -2.46. The summed E-state index contributed by atoms with van der Waals surface area (Å²) in [6.45, 7) is 1.45. The van der Waals surface area contributed by atoms with Crippen molar-refractivity contribution in [3.63, 3.8) is 0 Å². The molecule has 2 aromatic carbocycles. The second-order valence-electron chi connectivity index (χ2n) is 6.26. The number of halogens is 3. The van der Waals surface area contributed by atoms with Crippen molar-refractivity contribution in [1.82, 2.24) is 0 Å². The van der Waals surface area contributed by atoms with Gasteiger partial charge in [-0.2, -0.15) is 13.2 Å². The minimum absolute atomic E-state index is 0.110. The smallest absolute Gasteiger partial charge is 0.446 e. The van der Waals surface area contributed by atoms with Crippen LogP contribution in [-0.4, -0.2) is 36.7 Å². The fraction of sp³-hybridized carbons (Fsp3) is 0.278. The number of anilines is 2. The lowest BCUT2D eigenvalue weighted by molar-refractivity contribution is -0.117. The Labute approximate surface area is 169 Å². The van der Waals surface area contributed by atoms with E-state index in [0.29, 0.717) is 11.3 Å². The Balaban J connectivity index is 1.90. The zero-order valence-electron chi connectivity index (χ0n) is 15.1. The van der Waals surface area contributed by atoms with Crippen molar-refractivity contribution in [2.24, 2.45) is 0 Å². The van der Waals surface area contributed by atoms with Crippen LogP contribution in [0.1, 0.15) is 12.5 Å². The molecule has 0 radical (unpaired) electrons. The van der Waals surface area contributed by atoms with Crippen LogP contribution < -0.4 is 9.62 Å². The first-order chi connectivity index (χ1) is 13.5. The second kappa shape index (κ2) is 7.79. The Hall–Kier alpha value is -2.40. The highest BCUT2D eigenvalue weighted by Gasteiger charge is 2.41. The Morgan fingerprint density at radius 2 is 1.97 bits per heavy atom. The standard InChI is InChI=1S/C18H17F3N2O4S2/c1-2-29(26,27)23-14-6-4-3-5-11(14)9-15(23)17(25)22-13-10-12(7-8-16(13)24)28-18(19,20)21/h3-8,10,15,24H,2,9H2,1H3,(H,22,25). The van der Waals surface area contributed by atoms with Crippen molar-refractivity contribution >= 4 is 39.1 Å². The first-order valence-corrected chi connectivity index (χ1v) is 10.9. The van der Waals surface area contributed by atoms with E-state index >= 15 is 0 Å². The third-order valence-electron chi connectivity index (χ3n) is 4.35. The van der Waals surface area contributed by atoms with Gasteiger partial charge in [-0.3, -0.25) is 9.10 Å². The highest BCUT2D eigenvalue weighted by Crippen LogP contribution is 2.40. The van der Waals surface area contributed by atoms with E-state index in [4.69, 9.17) is 0 Å². The first kappa shape index (κ1) is 21.3. The Morgan fingerprint density at radius 1 is 1.28 bits per heavy atom. The molecule has 0 bridgehead atoms. The van der Waals surface area contributed by atoms with E-state index < -0.39 is 33.2 Å². The Kier molecular flexibility index (Phi) is 5.72. The van der Waals surface area contributed by atoms with E-state index in [-0.39, 0.29) is 34.5 Å². The lowest BCUT2D eigenvalue weighted by Gasteiger charge is -2.25. The molecule has 11 heteroatoms. The molecule has 0 saturated carbocycles. The maximum absolute atomic E-state index is 12.8. The summed E-state index contributed by atoms with van der Waals surface area (Å²) in [7, 11) is -3.78. The van der Waals surface area contributed by atoms with Crippen molar-refractivity contribution in [3.05, 3.63) is 48.0 Å². The summed E-state index contributed by atoms with van der Waals surface area (Å²) >= 11 is -0.388. The largest absolute Gasteiger partial charge is 0.506 e. The second-order valence-corrected chi connectivity index (χ2v) is 9.53. The number of fused-ring (bicyclic) bond motifs is 1. The van der Waals surface area contributed by atoms with Gasteiger partial charge in [0.05, 0.1) is 17.1 Å². The van der Waals surface area contributed by atoms with Gasteiger partial charge in [-0.1, -0.05) is 18.2 Å². The molecule has 1 unspecified atom stereocenters. The summed E-state index contributed by atoms with van der Waals surface area (Å²) < 4.78 is 64.0. The molecule has 0 aromatic heterocycles. The number of thioether (sulfide) groups is 1. The number of rotatable bonds is 5. The summed E-state index contributed by atoms with van der Waals surface area (Å²) in [4.78, 5) is 12.6. The third kappa shape index (κ3) is 4.61. The van der Waals surface area contributed by atoms with E-state index in [2.05, 4.69) is 5.32 Å². The highest BCUT2D eigenvalue weighted by molar-refractivity contribution is 8.00. The molecule has 6 nitrogen and oxygen atoms in total. The van der Waals surface area contributed by atoms with Gasteiger partial charge >= 0.3 is 5.51 Å². The number of carbonyl (C=O) groups excluding carboxylic acids is 1. The molecule has 1 amide bonds. The number of phenols is 1. The molecule has 0 saturated heterocycles. The first-order valence-electron chi connectivity index (χ1n) is 8.51. The van der Waals surface area contributed by atoms with Crippen LogP contribution >= 0.6 is 11.8 Å². The van der Waals surface area contributed by atoms with Crippen molar-refractivity contribution in [2.75, 3.05) is 15.4 Å². The molecule has 29 heavy (non-hydrogen) atoms. The molecule has 1 heterocycles. The van der Waals surface area contributed by atoms with Crippen LogP contribution in [0.2, 0.25) is 0 Å². The number of hydrogen-bond acceptors (Lipinski definition) is 5. The van der Waals surface area contributed by atoms with E-state index in [1.165, 1.54) is 6.92 Å². The number of amides is 1. The minimum atomic E-state index is -4.53. The number of carbonyl (C=O) groups is 1. The van der Waals surface area contributed by atoms with Gasteiger partial charge in [0.2, 0.25) is 15.9 Å². The van der Waals surface area contributed by atoms with Crippen LogP contribution in [0.25, 0.3) is 0 Å². The van der Waals surface area contributed by atoms with Gasteiger partial charge in [-0.05, 0) is 48.5 Å². The van der Waals surface area contributed by atoms with Crippen molar-refractivity contribution in [2.45, 2.75) is 29.8 Å². The summed E-state index contributed by atoms with van der Waals surface area (Å²) in [5, 5.41) is 12.3. The predicted octanol–water partition coefficient (Wildman–Crippen LogP) is 3.72. The van der Waals surface area contributed by atoms with E-state index in [1.54, 1.807) is 24.3 Å². The number of benzene rings is 2. The summed E-state index contributed by atoms with van der Waals surface area (Å²) in [6, 6.07) is 8.66. The highest BCUT2D eigenvalue weighted by atomic mass is 32.2. The topological polar surface area (TPSA) is 86.7 Å². The molecule has 1 aliphatic rings. The number of para-hydroxylation sites is 1. The van der Waals surface area contributed by atoms with Crippen molar-refractivity contribution in [3.8, 4) is 5.75 Å². The number of phenolic OH excluding ortho intramolecular Hbond substituents is 1. The van der Waals surface area contributed by atoms with E-state index in [0.717, 1.165) is 22.5 Å². The number of sulfonamides is 1. The molecule has 1 atom stereocenters. The SMILES string of the molecule is CCS(=O)(=O)N1c2ccccc2CC1C(=O)Nc1cc(SC(F)(F)F)ccc1O. The van der Waals surface area contributed by atoms with Gasteiger partial charge in [-0.25, -0.2) is 8.42 Å². The molecule has 156 valence electrons. The monoisotopic (exact) mass is 446 g/mol. The maximum atomic E-state index is 12.8. The molecule has 0 spiro atoms. The van der Waals surface area contributed by atoms with Crippen molar-refractivity contribution < 1.29 is 31.5 Å². The van der Waals surface area contributed by atoms with Gasteiger partial charge in [0, 0.05) is 11.3 Å². The fourth-order valence-electron chi connectivity index (χ4n) is 3.07. The predicted molar refractivity (Wildman–Crippen MR) is 105 cm³/mol. The van der Waals surface area contributed by atoms with Crippen LogP contribution in [0.5, 0.6) is 5.75 Å². The number of nitrogens with zero attached hydrogens (tertiary/aromatic N) is 1. The van der Waals surface area contributed by atoms with Crippen molar-refractivity contribution in [1.29, 1.82) is 0 Å². The number of aromatic hydroxyl groups is 1.